The predicted molar refractivity (Wildman–Crippen MR) is 106 cm³/mol. The van der Waals surface area contributed by atoms with Crippen LogP contribution in [0, 0.1) is 6.92 Å². The van der Waals surface area contributed by atoms with Gasteiger partial charge >= 0.3 is 6.18 Å². The number of hydrogen-bond acceptors (Lipinski definition) is 3. The number of anilines is 1. The van der Waals surface area contributed by atoms with Crippen LogP contribution in [0.3, 0.4) is 0 Å². The number of hydrogen-bond donors (Lipinski definition) is 1. The number of aryl methyl sites for hydroxylation is 1. The fourth-order valence-electron chi connectivity index (χ4n) is 2.77. The minimum absolute atomic E-state index is 0.351. The number of carbonyl (C=O) groups is 1. The monoisotopic (exact) mass is 416 g/mol. The Morgan fingerprint density at radius 2 is 1.83 bits per heavy atom. The molecule has 0 atom stereocenters. The van der Waals surface area contributed by atoms with Gasteiger partial charge in [0.05, 0.1) is 5.56 Å². The number of nitrogens with one attached hydrogen (secondary N) is 1. The van der Waals surface area contributed by atoms with Crippen LogP contribution in [0.4, 0.5) is 18.9 Å². The predicted octanol–water partition coefficient (Wildman–Crippen LogP) is 4.39. The second-order valence-corrected chi connectivity index (χ2v) is 6.67. The summed E-state index contributed by atoms with van der Waals surface area (Å²) < 4.78 is 44.9. The lowest BCUT2D eigenvalue weighted by Crippen LogP contribution is -2.28. The lowest BCUT2D eigenvalue weighted by atomic mass is 10.1. The van der Waals surface area contributed by atoms with Crippen LogP contribution < -0.4 is 15.6 Å². The first-order valence-corrected chi connectivity index (χ1v) is 9.07. The van der Waals surface area contributed by atoms with E-state index in [9.17, 15) is 22.8 Å². The Labute approximate surface area is 170 Å². The van der Waals surface area contributed by atoms with Crippen LogP contribution in [0.15, 0.2) is 71.7 Å². The lowest BCUT2D eigenvalue weighted by Gasteiger charge is -2.12. The maximum absolute atomic E-state index is 12.8. The third-order valence-electron chi connectivity index (χ3n) is 4.40. The topological polar surface area (TPSA) is 60.3 Å². The molecule has 3 rings (SSSR count). The number of amides is 1. The van der Waals surface area contributed by atoms with Crippen molar-refractivity contribution in [2.24, 2.45) is 0 Å². The number of aromatic nitrogens is 1. The molecule has 1 amide bonds. The summed E-state index contributed by atoms with van der Waals surface area (Å²) in [6.07, 6.45) is -3.97. The number of pyridine rings is 1. The van der Waals surface area contributed by atoms with Gasteiger partial charge in [0.2, 0.25) is 5.91 Å². The van der Waals surface area contributed by atoms with Crippen molar-refractivity contribution < 1.29 is 22.7 Å². The molecule has 8 heteroatoms. The molecule has 1 heterocycles. The third-order valence-corrected chi connectivity index (χ3v) is 4.40. The fourth-order valence-corrected chi connectivity index (χ4v) is 2.77. The van der Waals surface area contributed by atoms with Gasteiger partial charge in [-0.05, 0) is 36.2 Å². The van der Waals surface area contributed by atoms with Crippen LogP contribution in [-0.2, 0) is 24.1 Å². The van der Waals surface area contributed by atoms with E-state index in [0.29, 0.717) is 30.3 Å². The Hall–Kier alpha value is -3.55. The van der Waals surface area contributed by atoms with Crippen molar-refractivity contribution >= 4 is 11.6 Å². The molecular formula is C22H19F3N2O3. The number of rotatable bonds is 6. The second kappa shape index (κ2) is 8.86. The average Bonchev–Trinajstić information content (AvgIpc) is 2.68. The normalized spacial score (nSPS) is 11.2. The van der Waals surface area contributed by atoms with Gasteiger partial charge in [0, 0.05) is 24.0 Å². The summed E-state index contributed by atoms with van der Waals surface area (Å²) in [5, 5.41) is 2.57. The number of ether oxygens (including phenoxy) is 1. The van der Waals surface area contributed by atoms with E-state index in [4.69, 9.17) is 4.74 Å². The molecule has 30 heavy (non-hydrogen) atoms. The minimum Gasteiger partial charge on any atom is -0.489 e. The number of alkyl halides is 3. The molecule has 0 radical (unpaired) electrons. The van der Waals surface area contributed by atoms with E-state index in [2.05, 4.69) is 5.32 Å². The first-order valence-electron chi connectivity index (χ1n) is 9.07. The highest BCUT2D eigenvalue weighted by Crippen LogP contribution is 2.28. The van der Waals surface area contributed by atoms with Gasteiger partial charge in [-0.2, -0.15) is 13.2 Å². The summed E-state index contributed by atoms with van der Waals surface area (Å²) in [4.78, 5) is 24.0. The van der Waals surface area contributed by atoms with E-state index in [-0.39, 0.29) is 0 Å². The zero-order valence-electron chi connectivity index (χ0n) is 16.1. The highest BCUT2D eigenvalue weighted by Gasteiger charge is 2.31. The van der Waals surface area contributed by atoms with Crippen molar-refractivity contribution in [1.82, 2.24) is 4.57 Å². The third kappa shape index (κ3) is 5.50. The molecule has 0 fully saturated rings. The first-order chi connectivity index (χ1) is 14.2. The van der Waals surface area contributed by atoms with Gasteiger partial charge in [-0.15, -0.1) is 0 Å². The molecule has 0 aliphatic rings. The van der Waals surface area contributed by atoms with E-state index >= 15 is 0 Å². The van der Waals surface area contributed by atoms with Gasteiger partial charge in [-0.1, -0.05) is 30.3 Å². The molecule has 0 aliphatic carbocycles. The van der Waals surface area contributed by atoms with Gasteiger partial charge < -0.3 is 14.6 Å². The number of carbonyl (C=O) groups excluding carboxylic acids is 1. The standard InChI is InChI=1S/C22H19F3N2O3/c1-15-5-2-3-6-16(15)14-30-19-8-4-7-18(11-19)26-20(28)13-27-12-17(22(23,24)25)9-10-21(27)29/h2-12H,13-14H2,1H3,(H,26,28). The van der Waals surface area contributed by atoms with E-state index in [1.165, 1.54) is 0 Å². The Morgan fingerprint density at radius 3 is 2.57 bits per heavy atom. The Bertz CT molecular complexity index is 1110. The summed E-state index contributed by atoms with van der Waals surface area (Å²) >= 11 is 0. The summed E-state index contributed by atoms with van der Waals surface area (Å²) in [7, 11) is 0. The van der Waals surface area contributed by atoms with Crippen molar-refractivity contribution in [2.75, 3.05) is 5.32 Å². The van der Waals surface area contributed by atoms with Crippen molar-refractivity contribution in [2.45, 2.75) is 26.3 Å². The quantitative estimate of drug-likeness (QED) is 0.648. The van der Waals surface area contributed by atoms with Gasteiger partial charge in [0.1, 0.15) is 18.9 Å². The SMILES string of the molecule is Cc1ccccc1COc1cccc(NC(=O)Cn2cc(C(F)(F)F)ccc2=O)c1. The molecule has 3 aromatic rings. The van der Waals surface area contributed by atoms with Crippen LogP contribution >= 0.6 is 0 Å². The van der Waals surface area contributed by atoms with Crippen molar-refractivity contribution in [1.29, 1.82) is 0 Å². The van der Waals surface area contributed by atoms with Gasteiger partial charge in [0.25, 0.3) is 5.56 Å². The second-order valence-electron chi connectivity index (χ2n) is 6.67. The summed E-state index contributed by atoms with van der Waals surface area (Å²) in [5.41, 5.74) is 0.821. The van der Waals surface area contributed by atoms with Crippen molar-refractivity contribution in [3.8, 4) is 5.75 Å². The zero-order chi connectivity index (χ0) is 21.7. The molecule has 0 saturated carbocycles. The van der Waals surface area contributed by atoms with Crippen LogP contribution in [0.2, 0.25) is 0 Å². The Morgan fingerprint density at radius 1 is 1.07 bits per heavy atom. The lowest BCUT2D eigenvalue weighted by molar-refractivity contribution is -0.138. The molecule has 0 aliphatic heterocycles. The molecular weight excluding hydrogens is 397 g/mol. The molecule has 2 aromatic carbocycles. The summed E-state index contributed by atoms with van der Waals surface area (Å²) in [6, 6.07) is 15.9. The van der Waals surface area contributed by atoms with E-state index in [1.807, 2.05) is 31.2 Å². The molecule has 0 spiro atoms. The largest absolute Gasteiger partial charge is 0.489 e. The Kier molecular flexibility index (Phi) is 6.25. The molecule has 5 nitrogen and oxygen atoms in total. The van der Waals surface area contributed by atoms with E-state index < -0.39 is 29.8 Å². The highest BCUT2D eigenvalue weighted by atomic mass is 19.4. The van der Waals surface area contributed by atoms with E-state index in [1.54, 1.807) is 24.3 Å². The molecule has 156 valence electrons. The molecule has 0 saturated heterocycles. The maximum Gasteiger partial charge on any atom is 0.417 e. The zero-order valence-corrected chi connectivity index (χ0v) is 16.1. The smallest absolute Gasteiger partial charge is 0.417 e. The van der Waals surface area contributed by atoms with Crippen LogP contribution in [0.5, 0.6) is 5.75 Å². The fraction of sp³-hybridized carbons (Fsp3) is 0.182. The molecule has 0 bridgehead atoms. The number of halogens is 3. The summed E-state index contributed by atoms with van der Waals surface area (Å²) in [5.74, 6) is -0.111. The van der Waals surface area contributed by atoms with Gasteiger partial charge in [-0.25, -0.2) is 0 Å². The minimum atomic E-state index is -4.60. The van der Waals surface area contributed by atoms with Crippen LogP contribution in [0.1, 0.15) is 16.7 Å². The first kappa shape index (κ1) is 21.2. The maximum atomic E-state index is 12.8. The Balaban J connectivity index is 1.66. The number of nitrogens with zero attached hydrogens (tertiary/aromatic N) is 1. The van der Waals surface area contributed by atoms with Crippen LogP contribution in [-0.4, -0.2) is 10.5 Å². The number of benzene rings is 2. The molecule has 1 N–H and O–H groups in total. The van der Waals surface area contributed by atoms with Crippen LogP contribution in [0.25, 0.3) is 0 Å². The average molecular weight is 416 g/mol. The van der Waals surface area contributed by atoms with Crippen molar-refractivity contribution in [3.05, 3.63) is 93.9 Å². The van der Waals surface area contributed by atoms with Gasteiger partial charge in [0.15, 0.2) is 0 Å². The van der Waals surface area contributed by atoms with Crippen molar-refractivity contribution in [3.63, 3.8) is 0 Å². The molecule has 1 aromatic heterocycles. The molecule has 0 unspecified atom stereocenters. The summed E-state index contributed by atoms with van der Waals surface area (Å²) in [6.45, 7) is 1.78. The van der Waals surface area contributed by atoms with Gasteiger partial charge in [-0.3, -0.25) is 9.59 Å². The van der Waals surface area contributed by atoms with E-state index in [0.717, 1.165) is 21.8 Å². The highest BCUT2D eigenvalue weighted by molar-refractivity contribution is 5.90.